The first kappa shape index (κ1) is 19.3. The van der Waals surface area contributed by atoms with E-state index in [4.69, 9.17) is 4.99 Å². The minimum Gasteiger partial charge on any atom is -0.265 e. The molecule has 24 heavy (non-hydrogen) atoms. The van der Waals surface area contributed by atoms with Gasteiger partial charge in [0.15, 0.2) is 0 Å². The summed E-state index contributed by atoms with van der Waals surface area (Å²) in [4.78, 5) is 8.59. The topological polar surface area (TPSA) is 24.7 Å². The molecule has 2 nitrogen and oxygen atoms in total. The number of benzene rings is 2. The zero-order valence-electron chi connectivity index (χ0n) is 14.1. The standard InChI is InChI=1S/C21H22N2.CH4/c1-14(2)17-11-18(15(3)4)13-19(12-17)16(5)23-21-9-7-20(22-6)8-10-21;/h7-13H,1,3,6H2,2,4-5H3;1H4. The fourth-order valence-electron chi connectivity index (χ4n) is 2.22. The highest BCUT2D eigenvalue weighted by Crippen LogP contribution is 2.24. The molecule has 0 bridgehead atoms. The van der Waals surface area contributed by atoms with Crippen LogP contribution in [0.1, 0.15) is 44.9 Å². The summed E-state index contributed by atoms with van der Waals surface area (Å²) >= 11 is 0. The summed E-state index contributed by atoms with van der Waals surface area (Å²) in [5, 5.41) is 0. The SMILES string of the molecule is C.C=Nc1ccc(N=C(C)c2cc(C(=C)C)cc(C(=C)C)c2)cc1. The Bertz CT molecular complexity index is 761. The fraction of sp³-hybridized carbons (Fsp3) is 0.182. The molecular weight excluding hydrogens is 292 g/mol. The van der Waals surface area contributed by atoms with Crippen molar-refractivity contribution in [2.75, 3.05) is 0 Å². The maximum absolute atomic E-state index is 4.70. The highest BCUT2D eigenvalue weighted by atomic mass is 14.7. The molecule has 0 saturated heterocycles. The van der Waals surface area contributed by atoms with E-state index in [0.29, 0.717) is 0 Å². The van der Waals surface area contributed by atoms with Gasteiger partial charge in [-0.2, -0.15) is 0 Å². The first-order chi connectivity index (χ1) is 10.9. The largest absolute Gasteiger partial charge is 0.265 e. The van der Waals surface area contributed by atoms with Crippen LogP contribution in [0.4, 0.5) is 11.4 Å². The molecule has 0 aliphatic heterocycles. The Hall–Kier alpha value is -2.74. The van der Waals surface area contributed by atoms with E-state index in [1.165, 1.54) is 0 Å². The van der Waals surface area contributed by atoms with Crippen LogP contribution in [0.5, 0.6) is 0 Å². The second kappa shape index (κ2) is 8.21. The first-order valence-corrected chi connectivity index (χ1v) is 7.50. The van der Waals surface area contributed by atoms with E-state index < -0.39 is 0 Å². The van der Waals surface area contributed by atoms with Crippen molar-refractivity contribution in [1.82, 2.24) is 0 Å². The summed E-state index contributed by atoms with van der Waals surface area (Å²) in [6, 6.07) is 14.0. The lowest BCUT2D eigenvalue weighted by Crippen LogP contribution is -1.97. The molecule has 0 N–H and O–H groups in total. The number of hydrogen-bond donors (Lipinski definition) is 0. The third-order valence-corrected chi connectivity index (χ3v) is 3.67. The van der Waals surface area contributed by atoms with Crippen LogP contribution < -0.4 is 0 Å². The molecule has 0 atom stereocenters. The molecular formula is C22H26N2. The Labute approximate surface area is 146 Å². The molecule has 0 aliphatic carbocycles. The average Bonchev–Trinajstić information content (AvgIpc) is 2.55. The zero-order valence-corrected chi connectivity index (χ0v) is 14.1. The van der Waals surface area contributed by atoms with E-state index in [-0.39, 0.29) is 7.43 Å². The summed E-state index contributed by atoms with van der Waals surface area (Å²) in [6.07, 6.45) is 0. The molecule has 2 aromatic rings. The number of aliphatic imine (C=N–C) groups is 2. The van der Waals surface area contributed by atoms with Gasteiger partial charge in [0.05, 0.1) is 11.4 Å². The summed E-state index contributed by atoms with van der Waals surface area (Å²) in [7, 11) is 0. The molecule has 2 heteroatoms. The molecule has 0 aromatic heterocycles. The van der Waals surface area contributed by atoms with E-state index in [1.807, 2.05) is 45.0 Å². The smallest absolute Gasteiger partial charge is 0.0634 e. The molecule has 0 fully saturated rings. The van der Waals surface area contributed by atoms with Crippen LogP contribution in [0.3, 0.4) is 0 Å². The molecule has 0 aliphatic rings. The van der Waals surface area contributed by atoms with Crippen molar-refractivity contribution in [3.05, 3.63) is 72.3 Å². The second-order valence-electron chi connectivity index (χ2n) is 5.73. The van der Waals surface area contributed by atoms with Crippen molar-refractivity contribution in [2.45, 2.75) is 28.2 Å². The molecule has 2 aromatic carbocycles. The average molecular weight is 318 g/mol. The Balaban J connectivity index is 0.00000288. The van der Waals surface area contributed by atoms with Crippen molar-refractivity contribution >= 4 is 35.0 Å². The van der Waals surface area contributed by atoms with Gasteiger partial charge in [-0.05, 0) is 86.6 Å². The lowest BCUT2D eigenvalue weighted by molar-refractivity contribution is 1.44. The first-order valence-electron chi connectivity index (χ1n) is 7.50. The van der Waals surface area contributed by atoms with E-state index >= 15 is 0 Å². The highest BCUT2D eigenvalue weighted by molar-refractivity contribution is 6.01. The Morgan fingerprint density at radius 1 is 0.750 bits per heavy atom. The second-order valence-corrected chi connectivity index (χ2v) is 5.73. The predicted octanol–water partition coefficient (Wildman–Crippen LogP) is 6.86. The van der Waals surface area contributed by atoms with Crippen LogP contribution in [0.15, 0.2) is 65.6 Å². The van der Waals surface area contributed by atoms with E-state index in [9.17, 15) is 0 Å². The normalized spacial score (nSPS) is 10.7. The molecule has 124 valence electrons. The lowest BCUT2D eigenvalue weighted by Gasteiger charge is -2.10. The maximum Gasteiger partial charge on any atom is 0.0634 e. The van der Waals surface area contributed by atoms with Gasteiger partial charge in [0.1, 0.15) is 0 Å². The van der Waals surface area contributed by atoms with Crippen molar-refractivity contribution in [2.24, 2.45) is 9.98 Å². The molecule has 0 spiro atoms. The lowest BCUT2D eigenvalue weighted by atomic mass is 9.96. The van der Waals surface area contributed by atoms with Crippen LogP contribution in [0.2, 0.25) is 0 Å². The number of rotatable bonds is 5. The van der Waals surface area contributed by atoms with Crippen LogP contribution in [0.25, 0.3) is 11.1 Å². The Morgan fingerprint density at radius 2 is 1.17 bits per heavy atom. The minimum atomic E-state index is 0. The number of allylic oxidation sites excluding steroid dienone is 2. The zero-order chi connectivity index (χ0) is 17.0. The fourth-order valence-corrected chi connectivity index (χ4v) is 2.22. The third-order valence-electron chi connectivity index (χ3n) is 3.67. The summed E-state index contributed by atoms with van der Waals surface area (Å²) in [6.45, 7) is 17.6. The van der Waals surface area contributed by atoms with E-state index in [0.717, 1.165) is 44.9 Å². The van der Waals surface area contributed by atoms with Gasteiger partial charge in [-0.3, -0.25) is 9.98 Å². The van der Waals surface area contributed by atoms with Crippen molar-refractivity contribution in [3.8, 4) is 0 Å². The third kappa shape index (κ3) is 4.63. The van der Waals surface area contributed by atoms with Gasteiger partial charge in [-0.1, -0.05) is 31.7 Å². The molecule has 0 heterocycles. The molecule has 0 amide bonds. The van der Waals surface area contributed by atoms with Crippen molar-refractivity contribution in [1.29, 1.82) is 0 Å². The predicted molar refractivity (Wildman–Crippen MR) is 110 cm³/mol. The van der Waals surface area contributed by atoms with Gasteiger partial charge in [-0.15, -0.1) is 0 Å². The summed E-state index contributed by atoms with van der Waals surface area (Å²) in [5.41, 5.74) is 8.06. The molecule has 0 radical (unpaired) electrons. The summed E-state index contributed by atoms with van der Waals surface area (Å²) in [5.74, 6) is 0. The van der Waals surface area contributed by atoms with Gasteiger partial charge in [0, 0.05) is 5.71 Å². The quantitative estimate of drug-likeness (QED) is 0.538. The maximum atomic E-state index is 4.70. The van der Waals surface area contributed by atoms with E-state index in [2.05, 4.69) is 43.1 Å². The minimum absolute atomic E-state index is 0. The Morgan fingerprint density at radius 3 is 1.58 bits per heavy atom. The Kier molecular flexibility index (Phi) is 6.60. The van der Waals surface area contributed by atoms with Crippen LogP contribution in [-0.4, -0.2) is 12.4 Å². The van der Waals surface area contributed by atoms with Crippen molar-refractivity contribution in [3.63, 3.8) is 0 Å². The van der Waals surface area contributed by atoms with Gasteiger partial charge in [0.25, 0.3) is 0 Å². The van der Waals surface area contributed by atoms with E-state index in [1.54, 1.807) is 0 Å². The van der Waals surface area contributed by atoms with Crippen LogP contribution >= 0.6 is 0 Å². The highest BCUT2D eigenvalue weighted by Gasteiger charge is 2.05. The summed E-state index contributed by atoms with van der Waals surface area (Å²) < 4.78 is 0. The molecule has 0 unspecified atom stereocenters. The van der Waals surface area contributed by atoms with Gasteiger partial charge in [-0.25, -0.2) is 0 Å². The van der Waals surface area contributed by atoms with Crippen LogP contribution in [-0.2, 0) is 0 Å². The molecule has 2 rings (SSSR count). The van der Waals surface area contributed by atoms with Crippen LogP contribution in [0, 0.1) is 0 Å². The van der Waals surface area contributed by atoms with Gasteiger partial charge >= 0.3 is 0 Å². The number of hydrogen-bond acceptors (Lipinski definition) is 2. The monoisotopic (exact) mass is 318 g/mol. The number of nitrogens with zero attached hydrogens (tertiary/aromatic N) is 2. The van der Waals surface area contributed by atoms with Gasteiger partial charge < -0.3 is 0 Å². The van der Waals surface area contributed by atoms with Gasteiger partial charge in [0.2, 0.25) is 0 Å². The van der Waals surface area contributed by atoms with Crippen molar-refractivity contribution < 1.29 is 0 Å². The molecule has 0 saturated carbocycles.